The Kier molecular flexibility index (Phi) is 14.3. The van der Waals surface area contributed by atoms with Crippen molar-refractivity contribution >= 4 is 38.6 Å². The van der Waals surface area contributed by atoms with E-state index in [1.807, 2.05) is 0 Å². The smallest absolute Gasteiger partial charge is 0.423 e. The monoisotopic (exact) mass is 955 g/mol. The highest BCUT2D eigenvalue weighted by Gasteiger charge is 2.46. The number of para-hydroxylation sites is 1. The van der Waals surface area contributed by atoms with E-state index in [1.165, 1.54) is 48.5 Å². The van der Waals surface area contributed by atoms with E-state index >= 15 is 0 Å². The number of phosphoric acid groups is 2. The lowest BCUT2D eigenvalue weighted by Crippen LogP contribution is -2.43. The van der Waals surface area contributed by atoms with Crippen molar-refractivity contribution in [2.24, 2.45) is 0 Å². The van der Waals surface area contributed by atoms with Crippen LogP contribution in [-0.2, 0) is 51.5 Å². The van der Waals surface area contributed by atoms with Gasteiger partial charge in [-0.25, -0.2) is 23.5 Å². The molecule has 22 heteroatoms. The molecule has 5 atom stereocenters. The number of nitrogens with zero attached hydrogens (tertiary/aromatic N) is 3. The number of aliphatic hydroxyl groups is 2. The van der Waals surface area contributed by atoms with Crippen molar-refractivity contribution in [1.29, 1.82) is 0 Å². The largest absolute Gasteiger partial charge is 0.484 e. The number of rotatable bonds is 18. The molecule has 0 aliphatic carbocycles. The van der Waals surface area contributed by atoms with E-state index in [1.54, 1.807) is 84.9 Å². The number of aromatic nitrogens is 3. The summed E-state index contributed by atoms with van der Waals surface area (Å²) in [4.78, 5) is 62.3. The third kappa shape index (κ3) is 11.5. The van der Waals surface area contributed by atoms with Crippen LogP contribution in [0.2, 0.25) is 0 Å². The number of ether oxygens (including phenoxy) is 3. The van der Waals surface area contributed by atoms with E-state index in [9.17, 15) is 43.4 Å². The van der Waals surface area contributed by atoms with Crippen LogP contribution in [0.25, 0.3) is 11.0 Å². The lowest BCUT2D eigenvalue weighted by Gasteiger charge is -2.22. The number of hydrogen-bond donors (Lipinski definition) is 3. The average Bonchev–Trinajstić information content (AvgIpc) is 3.88. The second-order valence-electron chi connectivity index (χ2n) is 14.7. The second kappa shape index (κ2) is 20.5. The van der Waals surface area contributed by atoms with Crippen LogP contribution in [0.4, 0.5) is 0 Å². The Bertz CT molecular complexity index is 2970. The van der Waals surface area contributed by atoms with Crippen LogP contribution in [0.3, 0.4) is 0 Å². The zero-order valence-electron chi connectivity index (χ0n) is 34.8. The molecule has 0 spiro atoms. The molecule has 1 aliphatic rings. The number of aliphatic hydroxyl groups excluding tert-OH is 2. The summed E-state index contributed by atoms with van der Waals surface area (Å²) in [6.45, 7) is -2.33. The van der Waals surface area contributed by atoms with Gasteiger partial charge in [0.1, 0.15) is 35.5 Å². The van der Waals surface area contributed by atoms with Crippen LogP contribution in [-0.4, -0.2) is 66.3 Å². The quantitative estimate of drug-likeness (QED) is 0.0511. The van der Waals surface area contributed by atoms with Gasteiger partial charge in [-0.3, -0.25) is 27.5 Å². The van der Waals surface area contributed by atoms with E-state index < -0.39 is 83.2 Å². The van der Waals surface area contributed by atoms with Gasteiger partial charge in [-0.2, -0.15) is 4.31 Å². The molecule has 20 nitrogen and oxygen atoms in total. The molecule has 346 valence electrons. The summed E-state index contributed by atoms with van der Waals surface area (Å²) in [5, 5.41) is 26.4. The Balaban J connectivity index is 0.937. The molecule has 1 unspecified atom stereocenters. The van der Waals surface area contributed by atoms with Gasteiger partial charge >= 0.3 is 33.3 Å². The minimum atomic E-state index is -5.46. The van der Waals surface area contributed by atoms with E-state index in [2.05, 4.69) is 5.16 Å². The summed E-state index contributed by atoms with van der Waals surface area (Å²) >= 11 is 0. The summed E-state index contributed by atoms with van der Waals surface area (Å²) in [5.74, 6) is -0.860. The molecule has 3 heterocycles. The molecule has 1 fully saturated rings. The highest BCUT2D eigenvalue weighted by atomic mass is 31.3. The molecular weight excluding hydrogens is 916 g/mol. The lowest BCUT2D eigenvalue weighted by molar-refractivity contribution is -0.0549. The molecular formula is C45H39N3O17P2. The van der Waals surface area contributed by atoms with Crippen LogP contribution >= 0.6 is 15.6 Å². The van der Waals surface area contributed by atoms with Crippen molar-refractivity contribution in [3.05, 3.63) is 195 Å². The minimum absolute atomic E-state index is 0.176. The Morgan fingerprint density at radius 2 is 1.21 bits per heavy atom. The number of fused-ring (bicyclic) bond motifs is 1. The van der Waals surface area contributed by atoms with E-state index in [-0.39, 0.29) is 23.7 Å². The third-order valence-corrected chi connectivity index (χ3v) is 13.1. The predicted octanol–water partition coefficient (Wildman–Crippen LogP) is 5.93. The Hall–Kier alpha value is -6.67. The number of esters is 2. The Morgan fingerprint density at radius 1 is 0.672 bits per heavy atom. The highest BCUT2D eigenvalue weighted by molar-refractivity contribution is 7.61. The van der Waals surface area contributed by atoms with Gasteiger partial charge in [-0.1, -0.05) is 78.0 Å². The highest BCUT2D eigenvalue weighted by Crippen LogP contribution is 2.64. The molecule has 1 saturated heterocycles. The Labute approximate surface area is 379 Å². The fraction of sp³-hybridized carbons (Fsp3) is 0.178. The number of benzene rings is 5. The molecule has 2 aromatic heterocycles. The Morgan fingerprint density at radius 3 is 1.78 bits per heavy atom. The fourth-order valence-electron chi connectivity index (χ4n) is 6.67. The SMILES string of the molecule is O=C(Oc1ccc(COP(=O)(OCc2ccc(OC(=O)c3ccccc3)cc2)OP(=O)(O)OC[C@H]2O[C@@H](n3ccc(=O)n(Cc4noc5ccccc45)c3=O)[C@@H](O)[C@H]2O)cc1)c1ccccc1. The van der Waals surface area contributed by atoms with E-state index in [4.69, 9.17) is 36.6 Å². The van der Waals surface area contributed by atoms with E-state index in [0.717, 1.165) is 21.4 Å². The van der Waals surface area contributed by atoms with Crippen molar-refractivity contribution in [2.45, 2.75) is 44.3 Å². The number of hydrogen-bond acceptors (Lipinski definition) is 17. The maximum Gasteiger partial charge on any atom is 0.484 e. The predicted molar refractivity (Wildman–Crippen MR) is 234 cm³/mol. The molecule has 0 bridgehead atoms. The van der Waals surface area contributed by atoms with Crippen LogP contribution < -0.4 is 20.7 Å². The molecule has 0 saturated carbocycles. The molecule has 5 aromatic carbocycles. The lowest BCUT2D eigenvalue weighted by atomic mass is 10.1. The van der Waals surface area contributed by atoms with Gasteiger partial charge in [0.15, 0.2) is 11.8 Å². The van der Waals surface area contributed by atoms with Gasteiger partial charge in [0.05, 0.1) is 37.5 Å². The van der Waals surface area contributed by atoms with Gasteiger partial charge in [0.2, 0.25) is 0 Å². The van der Waals surface area contributed by atoms with E-state index in [0.29, 0.717) is 33.2 Å². The maximum absolute atomic E-state index is 14.1. The van der Waals surface area contributed by atoms with Crippen LogP contribution in [0.15, 0.2) is 160 Å². The van der Waals surface area contributed by atoms with Crippen molar-refractivity contribution in [1.82, 2.24) is 14.3 Å². The van der Waals surface area contributed by atoms with Gasteiger partial charge < -0.3 is 33.8 Å². The fourth-order valence-corrected chi connectivity index (χ4v) is 9.27. The molecule has 67 heavy (non-hydrogen) atoms. The average molecular weight is 956 g/mol. The standard InChI is InChI=1S/C45H39N3O17P2/c49-39-23-24-47(45(54)48(39)25-36-35-13-7-8-14-37(35)64-46-36)42-41(51)40(50)38(63-42)28-58-66(55,56)65-67(57,59-26-29-15-19-33(20-16-29)61-43(52)31-9-3-1-4-10-31)60-27-30-17-21-34(22-18-30)62-44(53)32-11-5-2-6-12-32/h1-24,38,40-42,50-51H,25-28H2,(H,55,56)/t38-,40+,41+,42-/m1/s1. The first-order chi connectivity index (χ1) is 32.2. The summed E-state index contributed by atoms with van der Waals surface area (Å²) in [6.07, 6.45) is -5.78. The molecule has 7 aromatic rings. The summed E-state index contributed by atoms with van der Waals surface area (Å²) in [5.41, 5.74) is 0.350. The molecule has 0 amide bonds. The molecule has 1 aliphatic heterocycles. The first kappa shape index (κ1) is 46.8. The normalized spacial score (nSPS) is 18.1. The second-order valence-corrected chi connectivity index (χ2v) is 18.0. The first-order valence-electron chi connectivity index (χ1n) is 20.2. The van der Waals surface area contributed by atoms with Crippen LogP contribution in [0, 0.1) is 0 Å². The van der Waals surface area contributed by atoms with Crippen LogP contribution in [0.1, 0.15) is 43.8 Å². The number of phosphoric ester groups is 2. The molecule has 3 N–H and O–H groups in total. The molecule has 0 radical (unpaired) electrons. The summed E-state index contributed by atoms with van der Waals surface area (Å²) < 4.78 is 72.1. The zero-order valence-corrected chi connectivity index (χ0v) is 36.6. The van der Waals surface area contributed by atoms with Crippen molar-refractivity contribution in [3.63, 3.8) is 0 Å². The summed E-state index contributed by atoms with van der Waals surface area (Å²) in [7, 11) is -10.5. The zero-order chi connectivity index (χ0) is 47.1. The maximum atomic E-state index is 14.1. The van der Waals surface area contributed by atoms with Gasteiger partial charge in [-0.15, -0.1) is 0 Å². The summed E-state index contributed by atoms with van der Waals surface area (Å²) in [6, 6.07) is 36.0. The topological polar surface area (TPSA) is 264 Å². The van der Waals surface area contributed by atoms with Crippen molar-refractivity contribution in [3.8, 4) is 11.5 Å². The van der Waals surface area contributed by atoms with Gasteiger partial charge in [0.25, 0.3) is 5.56 Å². The minimum Gasteiger partial charge on any atom is -0.423 e. The third-order valence-electron chi connectivity index (χ3n) is 10.1. The van der Waals surface area contributed by atoms with Gasteiger partial charge in [-0.05, 0) is 71.8 Å². The molecule has 8 rings (SSSR count). The number of carbonyl (C=O) groups is 2. The number of carbonyl (C=O) groups excluding carboxylic acids is 2. The first-order valence-corrected chi connectivity index (χ1v) is 23.2. The van der Waals surface area contributed by atoms with Crippen molar-refractivity contribution in [2.75, 3.05) is 6.61 Å². The van der Waals surface area contributed by atoms with Crippen LogP contribution in [0.5, 0.6) is 11.5 Å². The van der Waals surface area contributed by atoms with Crippen molar-refractivity contribution < 1.29 is 70.4 Å². The van der Waals surface area contributed by atoms with Gasteiger partial charge in [0, 0.05) is 17.6 Å².